The van der Waals surface area contributed by atoms with Crippen LogP contribution < -0.4 is 5.32 Å². The largest absolute Gasteiger partial charge is 0.372 e. The van der Waals surface area contributed by atoms with Gasteiger partial charge in [0, 0.05) is 15.7 Å². The fourth-order valence-electron chi connectivity index (χ4n) is 4.62. The molecule has 1 atom stereocenters. The van der Waals surface area contributed by atoms with Crippen LogP contribution in [0.3, 0.4) is 0 Å². The lowest BCUT2D eigenvalue weighted by atomic mass is 9.85. The molecule has 1 aliphatic carbocycles. The summed E-state index contributed by atoms with van der Waals surface area (Å²) in [5.41, 5.74) is 2.84. The van der Waals surface area contributed by atoms with Crippen LogP contribution in [0, 0.1) is 12.3 Å². The third-order valence-electron chi connectivity index (χ3n) is 6.47. The number of allylic oxidation sites excluding steroid dienone is 1. The summed E-state index contributed by atoms with van der Waals surface area (Å²) in [6, 6.07) is 13.9. The summed E-state index contributed by atoms with van der Waals surface area (Å²) in [6.07, 6.45) is 8.45. The lowest BCUT2D eigenvalue weighted by Gasteiger charge is -2.35. The molecule has 1 saturated carbocycles. The van der Waals surface area contributed by atoms with E-state index in [2.05, 4.69) is 78.9 Å². The average Bonchev–Trinajstić information content (AvgIpc) is 3.41. The SMILES string of the molecule is Cc1ccccc1NC1(c2nnnn2[C@H](/C=C/c2ccc(Cl)cc2Cl)C(C)(C)C)CCCC1. The highest BCUT2D eigenvalue weighted by Gasteiger charge is 2.43. The van der Waals surface area contributed by atoms with Crippen LogP contribution in [0.15, 0.2) is 48.5 Å². The van der Waals surface area contributed by atoms with E-state index in [-0.39, 0.29) is 17.0 Å². The van der Waals surface area contributed by atoms with E-state index in [4.69, 9.17) is 23.2 Å². The van der Waals surface area contributed by atoms with Gasteiger partial charge in [0.2, 0.25) is 0 Å². The number of para-hydroxylation sites is 1. The summed E-state index contributed by atoms with van der Waals surface area (Å²) in [4.78, 5) is 0. The summed E-state index contributed by atoms with van der Waals surface area (Å²) in [7, 11) is 0. The fourth-order valence-corrected chi connectivity index (χ4v) is 5.09. The van der Waals surface area contributed by atoms with Crippen molar-refractivity contribution >= 4 is 35.0 Å². The first-order valence-electron chi connectivity index (χ1n) is 11.4. The molecule has 5 nitrogen and oxygen atoms in total. The summed E-state index contributed by atoms with van der Waals surface area (Å²) in [6.45, 7) is 8.73. The molecule has 1 heterocycles. The second-order valence-electron chi connectivity index (χ2n) is 10.0. The van der Waals surface area contributed by atoms with Crippen LogP contribution >= 0.6 is 23.2 Å². The van der Waals surface area contributed by atoms with Crippen LogP contribution in [-0.4, -0.2) is 20.2 Å². The Kier molecular flexibility index (Phi) is 6.83. The van der Waals surface area contributed by atoms with Crippen LogP contribution in [-0.2, 0) is 5.54 Å². The summed E-state index contributed by atoms with van der Waals surface area (Å²) < 4.78 is 2.00. The lowest BCUT2D eigenvalue weighted by Crippen LogP contribution is -2.38. The highest BCUT2D eigenvalue weighted by Crippen LogP contribution is 2.43. The molecule has 3 aromatic rings. The van der Waals surface area contributed by atoms with E-state index in [1.54, 1.807) is 6.07 Å². The molecule has 33 heavy (non-hydrogen) atoms. The van der Waals surface area contributed by atoms with Gasteiger partial charge in [0.05, 0.1) is 11.6 Å². The van der Waals surface area contributed by atoms with Gasteiger partial charge < -0.3 is 5.32 Å². The molecular formula is C26H31Cl2N5. The Bertz CT molecular complexity index is 1140. The molecule has 4 rings (SSSR count). The summed E-state index contributed by atoms with van der Waals surface area (Å²) in [5.74, 6) is 0.884. The standard InChI is InChI=1S/C26H31Cl2N5/c1-18-9-5-6-10-22(18)29-26(15-7-8-16-26)24-30-31-32-33(24)23(25(2,3)4)14-12-19-11-13-20(27)17-21(19)28/h5-6,9-14,17,23,29H,7-8,15-16H2,1-4H3/b14-12+/t23-/m1/s1. The minimum Gasteiger partial charge on any atom is -0.372 e. The van der Waals surface area contributed by atoms with Gasteiger partial charge in [-0.05, 0) is 64.9 Å². The maximum Gasteiger partial charge on any atom is 0.177 e. The zero-order valence-electron chi connectivity index (χ0n) is 19.6. The fraction of sp³-hybridized carbons (Fsp3) is 0.423. The number of anilines is 1. The minimum atomic E-state index is -0.301. The Morgan fingerprint density at radius 2 is 1.82 bits per heavy atom. The quantitative estimate of drug-likeness (QED) is 0.394. The maximum absolute atomic E-state index is 6.42. The highest BCUT2D eigenvalue weighted by atomic mass is 35.5. The molecule has 0 unspecified atom stereocenters. The third-order valence-corrected chi connectivity index (χ3v) is 7.03. The van der Waals surface area contributed by atoms with E-state index in [0.29, 0.717) is 10.0 Å². The first kappa shape index (κ1) is 23.8. The molecule has 0 radical (unpaired) electrons. The Morgan fingerprint density at radius 1 is 1.09 bits per heavy atom. The molecule has 174 valence electrons. The average molecular weight is 484 g/mol. The van der Waals surface area contributed by atoms with Gasteiger partial charge in [-0.2, -0.15) is 0 Å². The van der Waals surface area contributed by atoms with E-state index in [1.165, 1.54) is 5.56 Å². The number of hydrogen-bond acceptors (Lipinski definition) is 4. The molecule has 1 aromatic heterocycles. The zero-order chi connectivity index (χ0) is 23.6. The predicted octanol–water partition coefficient (Wildman–Crippen LogP) is 7.47. The highest BCUT2D eigenvalue weighted by molar-refractivity contribution is 6.35. The molecule has 0 aliphatic heterocycles. The van der Waals surface area contributed by atoms with Crippen molar-refractivity contribution in [3.8, 4) is 0 Å². The Hall–Kier alpha value is -2.37. The van der Waals surface area contributed by atoms with E-state index < -0.39 is 0 Å². The Balaban J connectivity index is 1.74. The van der Waals surface area contributed by atoms with Crippen LogP contribution in [0.4, 0.5) is 5.69 Å². The smallest absolute Gasteiger partial charge is 0.177 e. The van der Waals surface area contributed by atoms with Crippen molar-refractivity contribution in [3.05, 3.63) is 75.5 Å². The zero-order valence-corrected chi connectivity index (χ0v) is 21.2. The van der Waals surface area contributed by atoms with E-state index in [0.717, 1.165) is 42.8 Å². The number of nitrogens with one attached hydrogen (secondary N) is 1. The molecule has 0 bridgehead atoms. The number of halogens is 2. The van der Waals surface area contributed by atoms with Crippen molar-refractivity contribution in [2.24, 2.45) is 5.41 Å². The third kappa shape index (κ3) is 5.10. The van der Waals surface area contributed by atoms with Gasteiger partial charge in [-0.25, -0.2) is 4.68 Å². The number of benzene rings is 2. The van der Waals surface area contributed by atoms with E-state index >= 15 is 0 Å². The second-order valence-corrected chi connectivity index (χ2v) is 10.9. The topological polar surface area (TPSA) is 55.6 Å². The number of aryl methyl sites for hydroxylation is 1. The predicted molar refractivity (Wildman–Crippen MR) is 137 cm³/mol. The number of rotatable bonds is 6. The monoisotopic (exact) mass is 483 g/mol. The van der Waals surface area contributed by atoms with E-state index in [9.17, 15) is 0 Å². The first-order valence-corrected chi connectivity index (χ1v) is 12.2. The van der Waals surface area contributed by atoms with Crippen LogP contribution in [0.1, 0.15) is 69.4 Å². The molecule has 0 spiro atoms. The van der Waals surface area contributed by atoms with Crippen molar-refractivity contribution in [1.82, 2.24) is 20.2 Å². The molecule has 0 amide bonds. The Morgan fingerprint density at radius 3 is 2.48 bits per heavy atom. The molecule has 1 fully saturated rings. The summed E-state index contributed by atoms with van der Waals surface area (Å²) in [5, 5.41) is 18.3. The minimum absolute atomic E-state index is 0.0645. The molecule has 1 N–H and O–H groups in total. The van der Waals surface area contributed by atoms with Crippen LogP contribution in [0.2, 0.25) is 10.0 Å². The number of aromatic nitrogens is 4. The number of hydrogen-bond donors (Lipinski definition) is 1. The van der Waals surface area contributed by atoms with Gasteiger partial charge in [0.25, 0.3) is 0 Å². The molecular weight excluding hydrogens is 453 g/mol. The number of tetrazole rings is 1. The molecule has 1 aliphatic rings. The van der Waals surface area contributed by atoms with Crippen molar-refractivity contribution in [2.45, 2.75) is 65.0 Å². The van der Waals surface area contributed by atoms with Crippen molar-refractivity contribution in [3.63, 3.8) is 0 Å². The Labute approximate surface area is 206 Å². The van der Waals surface area contributed by atoms with Gasteiger partial charge in [-0.15, -0.1) is 5.10 Å². The van der Waals surface area contributed by atoms with Gasteiger partial charge in [-0.1, -0.05) is 93.2 Å². The van der Waals surface area contributed by atoms with Crippen molar-refractivity contribution in [1.29, 1.82) is 0 Å². The van der Waals surface area contributed by atoms with Gasteiger partial charge in [0.15, 0.2) is 5.82 Å². The van der Waals surface area contributed by atoms with Gasteiger partial charge in [-0.3, -0.25) is 0 Å². The normalized spacial score (nSPS) is 16.9. The first-order chi connectivity index (χ1) is 15.7. The molecule has 7 heteroatoms. The summed E-state index contributed by atoms with van der Waals surface area (Å²) >= 11 is 12.5. The molecule has 0 saturated heterocycles. The number of nitrogens with zero attached hydrogens (tertiary/aromatic N) is 4. The van der Waals surface area contributed by atoms with Gasteiger partial charge >= 0.3 is 0 Å². The van der Waals surface area contributed by atoms with Crippen LogP contribution in [0.25, 0.3) is 6.08 Å². The molecule has 2 aromatic carbocycles. The van der Waals surface area contributed by atoms with Gasteiger partial charge in [0.1, 0.15) is 0 Å². The maximum atomic E-state index is 6.42. The second kappa shape index (κ2) is 9.47. The van der Waals surface area contributed by atoms with E-state index in [1.807, 2.05) is 22.9 Å². The van der Waals surface area contributed by atoms with Crippen LogP contribution in [0.5, 0.6) is 0 Å². The lowest BCUT2D eigenvalue weighted by molar-refractivity contribution is 0.254. The van der Waals surface area contributed by atoms with Crippen molar-refractivity contribution in [2.75, 3.05) is 5.32 Å². The van der Waals surface area contributed by atoms with Crippen molar-refractivity contribution < 1.29 is 0 Å².